The quantitative estimate of drug-likeness (QED) is 0.647. The van der Waals surface area contributed by atoms with Gasteiger partial charge in [-0.15, -0.1) is 0 Å². The Labute approximate surface area is 162 Å². The van der Waals surface area contributed by atoms with E-state index in [4.69, 9.17) is 0 Å². The zero-order valence-electron chi connectivity index (χ0n) is 15.4. The predicted octanol–water partition coefficient (Wildman–Crippen LogP) is 5.56. The van der Waals surface area contributed by atoms with Crippen molar-refractivity contribution < 1.29 is 13.6 Å². The van der Waals surface area contributed by atoms with E-state index in [1.807, 2.05) is 25.1 Å². The van der Waals surface area contributed by atoms with Crippen molar-refractivity contribution in [3.63, 3.8) is 0 Å². The molecule has 5 heteroatoms. The van der Waals surface area contributed by atoms with Crippen LogP contribution in [0.3, 0.4) is 0 Å². The van der Waals surface area contributed by atoms with Crippen molar-refractivity contribution >= 4 is 17.3 Å². The van der Waals surface area contributed by atoms with Gasteiger partial charge in [-0.3, -0.25) is 4.79 Å². The summed E-state index contributed by atoms with van der Waals surface area (Å²) in [5.41, 5.74) is 2.74. The maximum atomic E-state index is 14.0. The van der Waals surface area contributed by atoms with E-state index in [0.29, 0.717) is 23.2 Å². The zero-order valence-corrected chi connectivity index (χ0v) is 15.4. The van der Waals surface area contributed by atoms with Crippen LogP contribution in [0, 0.1) is 11.6 Å². The number of carbonyl (C=O) groups is 1. The molecule has 1 aliphatic heterocycles. The molecular formula is C23H20F2N2O. The number of rotatable bonds is 3. The fourth-order valence-electron chi connectivity index (χ4n) is 3.75. The number of anilines is 2. The molecule has 0 bridgehead atoms. The largest absolute Gasteiger partial charge is 0.378 e. The van der Waals surface area contributed by atoms with E-state index < -0.39 is 0 Å². The van der Waals surface area contributed by atoms with Crippen molar-refractivity contribution in [1.82, 2.24) is 0 Å². The molecule has 1 heterocycles. The molecule has 3 aromatic carbocycles. The highest BCUT2D eigenvalue weighted by atomic mass is 19.1. The van der Waals surface area contributed by atoms with E-state index in [2.05, 4.69) is 5.32 Å². The number of nitrogens with one attached hydrogen (secondary N) is 1. The number of fused-ring (bicyclic) bond motifs is 1. The fraction of sp³-hybridized carbons (Fsp3) is 0.174. The highest BCUT2D eigenvalue weighted by Gasteiger charge is 2.34. The number of carbonyl (C=O) groups excluding carboxylic acids is 1. The van der Waals surface area contributed by atoms with Gasteiger partial charge in [0.15, 0.2) is 0 Å². The van der Waals surface area contributed by atoms with E-state index in [-0.39, 0.29) is 29.6 Å². The standard InChI is InChI=1S/C23H20F2N2O/c1-15-13-21(26-19-10-7-17(24)8-11-19)20-14-18(25)9-12-22(20)27(15)23(28)16-5-3-2-4-6-16/h2-12,14-15,21,26H,13H2,1H3/t15-,21-/m0/s1. The van der Waals surface area contributed by atoms with Crippen molar-refractivity contribution in [2.75, 3.05) is 10.2 Å². The number of amides is 1. The summed E-state index contributed by atoms with van der Waals surface area (Å²) < 4.78 is 27.2. The Morgan fingerprint density at radius 3 is 2.36 bits per heavy atom. The number of benzene rings is 3. The summed E-state index contributed by atoms with van der Waals surface area (Å²) in [5, 5.41) is 3.35. The zero-order chi connectivity index (χ0) is 19.7. The molecule has 0 aromatic heterocycles. The van der Waals surface area contributed by atoms with Gasteiger partial charge in [0.1, 0.15) is 11.6 Å². The number of nitrogens with zero attached hydrogens (tertiary/aromatic N) is 1. The molecule has 0 saturated carbocycles. The average Bonchev–Trinajstić information content (AvgIpc) is 2.70. The highest BCUT2D eigenvalue weighted by molar-refractivity contribution is 6.07. The third-order valence-electron chi connectivity index (χ3n) is 5.07. The van der Waals surface area contributed by atoms with Gasteiger partial charge in [0.2, 0.25) is 0 Å². The molecule has 1 amide bonds. The van der Waals surface area contributed by atoms with Crippen LogP contribution >= 0.6 is 0 Å². The Balaban J connectivity index is 1.71. The van der Waals surface area contributed by atoms with E-state index >= 15 is 0 Å². The van der Waals surface area contributed by atoms with Crippen molar-refractivity contribution in [1.29, 1.82) is 0 Å². The lowest BCUT2D eigenvalue weighted by molar-refractivity contribution is 0.0974. The summed E-state index contributed by atoms with van der Waals surface area (Å²) in [5.74, 6) is -0.777. The number of hydrogen-bond donors (Lipinski definition) is 1. The molecule has 28 heavy (non-hydrogen) atoms. The molecule has 0 radical (unpaired) electrons. The average molecular weight is 378 g/mol. The molecule has 142 valence electrons. The van der Waals surface area contributed by atoms with Crippen LogP contribution in [0.15, 0.2) is 72.8 Å². The molecule has 0 spiro atoms. The summed E-state index contributed by atoms with van der Waals surface area (Å²) in [6.07, 6.45) is 0.604. The van der Waals surface area contributed by atoms with Crippen LogP contribution in [0.1, 0.15) is 35.3 Å². The highest BCUT2D eigenvalue weighted by Crippen LogP contribution is 2.40. The molecule has 0 unspecified atom stereocenters. The van der Waals surface area contributed by atoms with Crippen molar-refractivity contribution in [3.8, 4) is 0 Å². The van der Waals surface area contributed by atoms with Gasteiger partial charge in [-0.1, -0.05) is 18.2 Å². The number of halogens is 2. The van der Waals surface area contributed by atoms with Crippen LogP contribution in [-0.4, -0.2) is 11.9 Å². The second kappa shape index (κ2) is 7.43. The van der Waals surface area contributed by atoms with Gasteiger partial charge in [-0.2, -0.15) is 0 Å². The Kier molecular flexibility index (Phi) is 4.82. The van der Waals surface area contributed by atoms with Crippen molar-refractivity contribution in [2.45, 2.75) is 25.4 Å². The minimum Gasteiger partial charge on any atom is -0.378 e. The lowest BCUT2D eigenvalue weighted by atomic mass is 9.90. The summed E-state index contributed by atoms with van der Waals surface area (Å²) in [6, 6.07) is 19.4. The molecule has 4 rings (SSSR count). The molecule has 1 N–H and O–H groups in total. The maximum Gasteiger partial charge on any atom is 0.258 e. The Bertz CT molecular complexity index is 989. The monoisotopic (exact) mass is 378 g/mol. The second-order valence-corrected chi connectivity index (χ2v) is 7.03. The predicted molar refractivity (Wildman–Crippen MR) is 106 cm³/mol. The van der Waals surface area contributed by atoms with Crippen LogP contribution in [-0.2, 0) is 0 Å². The molecule has 2 atom stereocenters. The summed E-state index contributed by atoms with van der Waals surface area (Å²) in [7, 11) is 0. The summed E-state index contributed by atoms with van der Waals surface area (Å²) >= 11 is 0. The SMILES string of the molecule is C[C@H]1C[C@H](Nc2ccc(F)cc2)c2cc(F)ccc2N1C(=O)c1ccccc1. The van der Waals surface area contributed by atoms with E-state index in [1.165, 1.54) is 24.3 Å². The first-order chi connectivity index (χ1) is 13.5. The van der Waals surface area contributed by atoms with Crippen LogP contribution in [0.2, 0.25) is 0 Å². The van der Waals surface area contributed by atoms with Gasteiger partial charge in [0.25, 0.3) is 5.91 Å². The first-order valence-corrected chi connectivity index (χ1v) is 9.23. The van der Waals surface area contributed by atoms with Gasteiger partial charge < -0.3 is 10.2 Å². The first kappa shape index (κ1) is 18.2. The maximum absolute atomic E-state index is 14.0. The Morgan fingerprint density at radius 1 is 0.964 bits per heavy atom. The van der Waals surface area contributed by atoms with Gasteiger partial charge in [-0.25, -0.2) is 8.78 Å². The molecule has 3 aromatic rings. The second-order valence-electron chi connectivity index (χ2n) is 7.03. The molecule has 3 nitrogen and oxygen atoms in total. The minimum atomic E-state index is -0.355. The van der Waals surface area contributed by atoms with E-state index in [0.717, 1.165) is 5.69 Å². The molecule has 1 aliphatic rings. The first-order valence-electron chi connectivity index (χ1n) is 9.23. The van der Waals surface area contributed by atoms with E-state index in [1.54, 1.807) is 35.2 Å². The Hall–Kier alpha value is -3.21. The van der Waals surface area contributed by atoms with Crippen molar-refractivity contribution in [3.05, 3.63) is 95.6 Å². The molecule has 0 aliphatic carbocycles. The van der Waals surface area contributed by atoms with Crippen LogP contribution in [0.4, 0.5) is 20.2 Å². The Morgan fingerprint density at radius 2 is 1.64 bits per heavy atom. The lowest BCUT2D eigenvalue weighted by Gasteiger charge is -2.40. The topological polar surface area (TPSA) is 32.3 Å². The molecular weight excluding hydrogens is 358 g/mol. The van der Waals surface area contributed by atoms with Crippen LogP contribution in [0.5, 0.6) is 0 Å². The lowest BCUT2D eigenvalue weighted by Crippen LogP contribution is -2.44. The van der Waals surface area contributed by atoms with E-state index in [9.17, 15) is 13.6 Å². The van der Waals surface area contributed by atoms with Gasteiger partial charge in [0.05, 0.1) is 6.04 Å². The van der Waals surface area contributed by atoms with Crippen molar-refractivity contribution in [2.24, 2.45) is 0 Å². The molecule has 0 fully saturated rings. The van der Waals surface area contributed by atoms with Crippen LogP contribution < -0.4 is 10.2 Å². The van der Waals surface area contributed by atoms with Gasteiger partial charge in [-0.05, 0) is 67.9 Å². The normalized spacial score (nSPS) is 18.5. The van der Waals surface area contributed by atoms with Crippen LogP contribution in [0.25, 0.3) is 0 Å². The molecule has 0 saturated heterocycles. The third kappa shape index (κ3) is 3.48. The smallest absolute Gasteiger partial charge is 0.258 e. The number of hydrogen-bond acceptors (Lipinski definition) is 2. The fourth-order valence-corrected chi connectivity index (χ4v) is 3.75. The van der Waals surface area contributed by atoms with Gasteiger partial charge >= 0.3 is 0 Å². The summed E-state index contributed by atoms with van der Waals surface area (Å²) in [6.45, 7) is 1.98. The minimum absolute atomic E-state index is 0.0939. The summed E-state index contributed by atoms with van der Waals surface area (Å²) in [4.78, 5) is 14.9. The third-order valence-corrected chi connectivity index (χ3v) is 5.07. The van der Waals surface area contributed by atoms with Gasteiger partial charge in [0, 0.05) is 28.5 Å².